The molecule has 0 amide bonds. The van der Waals surface area contributed by atoms with Crippen LogP contribution in [0.25, 0.3) is 0 Å². The Bertz CT molecular complexity index is 441. The summed E-state index contributed by atoms with van der Waals surface area (Å²) in [6.07, 6.45) is 0.969. The molecule has 0 heterocycles. The highest BCUT2D eigenvalue weighted by Gasteiger charge is 2.27. The van der Waals surface area contributed by atoms with Crippen LogP contribution < -0.4 is 0 Å². The Morgan fingerprint density at radius 3 is 2.50 bits per heavy atom. The number of benzene rings is 1. The number of carbonyl (C=O) groups excluding carboxylic acids is 1. The van der Waals surface area contributed by atoms with Crippen molar-refractivity contribution in [2.75, 3.05) is 13.2 Å². The first kappa shape index (κ1) is 16.4. The minimum atomic E-state index is -1.29. The third kappa shape index (κ3) is 4.79. The SMILES string of the molecule is C=C(C)C(=O)OCCCOC(O)(CC)c1ccccc1. The number of hydrogen-bond acceptors (Lipinski definition) is 4. The normalized spacial score (nSPS) is 13.6. The zero-order chi connectivity index (χ0) is 15.0. The smallest absolute Gasteiger partial charge is 0.333 e. The fraction of sp³-hybridized carbons (Fsp3) is 0.438. The Morgan fingerprint density at radius 2 is 1.95 bits per heavy atom. The number of rotatable bonds is 8. The van der Waals surface area contributed by atoms with Crippen molar-refractivity contribution in [3.05, 3.63) is 48.0 Å². The Kier molecular flexibility index (Phi) is 6.42. The molecule has 0 bridgehead atoms. The molecule has 0 aliphatic carbocycles. The zero-order valence-corrected chi connectivity index (χ0v) is 12.1. The van der Waals surface area contributed by atoms with Crippen molar-refractivity contribution < 1.29 is 19.4 Å². The molecule has 0 fully saturated rings. The van der Waals surface area contributed by atoms with Crippen LogP contribution in [-0.4, -0.2) is 24.3 Å². The number of hydrogen-bond donors (Lipinski definition) is 1. The number of carbonyl (C=O) groups is 1. The molecule has 1 aromatic carbocycles. The molecule has 1 atom stereocenters. The monoisotopic (exact) mass is 278 g/mol. The van der Waals surface area contributed by atoms with Gasteiger partial charge in [-0.3, -0.25) is 0 Å². The van der Waals surface area contributed by atoms with Crippen molar-refractivity contribution in [1.82, 2.24) is 0 Å². The van der Waals surface area contributed by atoms with E-state index in [1.807, 2.05) is 37.3 Å². The third-order valence-electron chi connectivity index (χ3n) is 2.92. The Balaban J connectivity index is 2.39. The van der Waals surface area contributed by atoms with Crippen molar-refractivity contribution in [2.24, 2.45) is 0 Å². The van der Waals surface area contributed by atoms with Gasteiger partial charge in [-0.25, -0.2) is 4.79 Å². The lowest BCUT2D eigenvalue weighted by molar-refractivity contribution is -0.215. The second kappa shape index (κ2) is 7.82. The van der Waals surface area contributed by atoms with Crippen molar-refractivity contribution in [3.63, 3.8) is 0 Å². The van der Waals surface area contributed by atoms with Crippen molar-refractivity contribution in [2.45, 2.75) is 32.5 Å². The van der Waals surface area contributed by atoms with Gasteiger partial charge in [-0.1, -0.05) is 43.8 Å². The van der Waals surface area contributed by atoms with Crippen LogP contribution in [0.15, 0.2) is 42.5 Å². The Morgan fingerprint density at radius 1 is 1.30 bits per heavy atom. The number of esters is 1. The molecule has 1 unspecified atom stereocenters. The van der Waals surface area contributed by atoms with E-state index in [-0.39, 0.29) is 6.61 Å². The van der Waals surface area contributed by atoms with Gasteiger partial charge in [0.05, 0.1) is 13.2 Å². The van der Waals surface area contributed by atoms with Crippen LogP contribution in [-0.2, 0) is 20.1 Å². The van der Waals surface area contributed by atoms with Gasteiger partial charge in [0.1, 0.15) is 0 Å². The largest absolute Gasteiger partial charge is 0.462 e. The van der Waals surface area contributed by atoms with E-state index < -0.39 is 11.8 Å². The molecule has 0 radical (unpaired) electrons. The molecular formula is C16H22O4. The van der Waals surface area contributed by atoms with Gasteiger partial charge in [-0.15, -0.1) is 0 Å². The average molecular weight is 278 g/mol. The summed E-state index contributed by atoms with van der Waals surface area (Å²) in [5.41, 5.74) is 1.10. The standard InChI is InChI=1S/C16H22O4/c1-4-16(18,14-9-6-5-7-10-14)20-12-8-11-19-15(17)13(2)3/h5-7,9-10,18H,2,4,8,11-12H2,1,3H3. The van der Waals surface area contributed by atoms with Gasteiger partial charge < -0.3 is 14.6 Å². The second-order valence-electron chi connectivity index (χ2n) is 4.62. The fourth-order valence-electron chi connectivity index (χ4n) is 1.68. The van der Waals surface area contributed by atoms with Gasteiger partial charge in [0.15, 0.2) is 5.79 Å². The molecule has 0 aromatic heterocycles. The summed E-state index contributed by atoms with van der Waals surface area (Å²) in [5, 5.41) is 10.4. The van der Waals surface area contributed by atoms with Gasteiger partial charge >= 0.3 is 5.97 Å². The molecular weight excluding hydrogens is 256 g/mol. The quantitative estimate of drug-likeness (QED) is 0.344. The predicted molar refractivity (Wildman–Crippen MR) is 77.0 cm³/mol. The van der Waals surface area contributed by atoms with E-state index in [4.69, 9.17) is 9.47 Å². The highest BCUT2D eigenvalue weighted by atomic mass is 16.6. The molecule has 1 aromatic rings. The summed E-state index contributed by atoms with van der Waals surface area (Å²) in [6, 6.07) is 9.24. The first-order valence-corrected chi connectivity index (χ1v) is 6.74. The van der Waals surface area contributed by atoms with Gasteiger partial charge in [-0.2, -0.15) is 0 Å². The lowest BCUT2D eigenvalue weighted by atomic mass is 10.0. The van der Waals surface area contributed by atoms with Crippen molar-refractivity contribution in [1.29, 1.82) is 0 Å². The van der Waals surface area contributed by atoms with Crippen LogP contribution in [0.1, 0.15) is 32.3 Å². The predicted octanol–water partition coefficient (Wildman–Crippen LogP) is 2.77. The first-order chi connectivity index (χ1) is 9.49. The highest BCUT2D eigenvalue weighted by Crippen LogP contribution is 2.26. The summed E-state index contributed by atoms with van der Waals surface area (Å²) in [4.78, 5) is 11.2. The zero-order valence-electron chi connectivity index (χ0n) is 12.1. The third-order valence-corrected chi connectivity index (χ3v) is 2.92. The van der Waals surface area contributed by atoms with Crippen LogP contribution in [0.4, 0.5) is 0 Å². The summed E-state index contributed by atoms with van der Waals surface area (Å²) in [5.74, 6) is -1.70. The molecule has 0 saturated heterocycles. The molecule has 0 saturated carbocycles. The van der Waals surface area contributed by atoms with E-state index in [0.29, 0.717) is 25.0 Å². The van der Waals surface area contributed by atoms with Crippen LogP contribution in [0.2, 0.25) is 0 Å². The summed E-state index contributed by atoms with van der Waals surface area (Å²) in [6.45, 7) is 7.52. The minimum absolute atomic E-state index is 0.250. The maximum Gasteiger partial charge on any atom is 0.333 e. The van der Waals surface area contributed by atoms with Crippen LogP contribution in [0, 0.1) is 0 Å². The van der Waals surface area contributed by atoms with Gasteiger partial charge in [0.2, 0.25) is 0 Å². The molecule has 4 heteroatoms. The Labute approximate surface area is 120 Å². The van der Waals surface area contributed by atoms with Crippen LogP contribution in [0.3, 0.4) is 0 Å². The van der Waals surface area contributed by atoms with Gasteiger partial charge in [-0.05, 0) is 6.92 Å². The lowest BCUT2D eigenvalue weighted by Crippen LogP contribution is -2.29. The molecule has 1 rings (SSSR count). The maximum atomic E-state index is 11.2. The molecule has 4 nitrogen and oxygen atoms in total. The van der Waals surface area contributed by atoms with Crippen LogP contribution in [0.5, 0.6) is 0 Å². The summed E-state index contributed by atoms with van der Waals surface area (Å²) >= 11 is 0. The topological polar surface area (TPSA) is 55.8 Å². The minimum Gasteiger partial charge on any atom is -0.462 e. The maximum absolute atomic E-state index is 11.2. The molecule has 0 spiro atoms. The Hall–Kier alpha value is -1.65. The average Bonchev–Trinajstić information content (AvgIpc) is 2.47. The lowest BCUT2D eigenvalue weighted by Gasteiger charge is -2.27. The van der Waals surface area contributed by atoms with Gasteiger partial charge in [0, 0.05) is 24.0 Å². The van der Waals surface area contributed by atoms with Crippen molar-refractivity contribution in [3.8, 4) is 0 Å². The van der Waals surface area contributed by atoms with E-state index in [9.17, 15) is 9.90 Å². The summed E-state index contributed by atoms with van der Waals surface area (Å²) < 4.78 is 10.5. The molecule has 0 aliphatic heterocycles. The van der Waals surface area contributed by atoms with Crippen molar-refractivity contribution >= 4 is 5.97 Å². The van der Waals surface area contributed by atoms with E-state index in [1.54, 1.807) is 6.92 Å². The van der Waals surface area contributed by atoms with Gasteiger partial charge in [0.25, 0.3) is 0 Å². The number of aliphatic hydroxyl groups is 1. The molecule has 110 valence electrons. The fourth-order valence-corrected chi connectivity index (χ4v) is 1.68. The summed E-state index contributed by atoms with van der Waals surface area (Å²) in [7, 11) is 0. The highest BCUT2D eigenvalue weighted by molar-refractivity contribution is 5.86. The molecule has 0 aliphatic rings. The molecule has 1 N–H and O–H groups in total. The first-order valence-electron chi connectivity index (χ1n) is 6.74. The second-order valence-corrected chi connectivity index (χ2v) is 4.62. The van der Waals surface area contributed by atoms with E-state index in [2.05, 4.69) is 6.58 Å². The van der Waals surface area contributed by atoms with E-state index in [1.165, 1.54) is 0 Å². The van der Waals surface area contributed by atoms with E-state index in [0.717, 1.165) is 5.56 Å². The van der Waals surface area contributed by atoms with Crippen LogP contribution >= 0.6 is 0 Å². The number of ether oxygens (including phenoxy) is 2. The molecule has 20 heavy (non-hydrogen) atoms. The van der Waals surface area contributed by atoms with E-state index >= 15 is 0 Å².